The summed E-state index contributed by atoms with van der Waals surface area (Å²) in [5, 5.41) is 0. The molecule has 1 saturated heterocycles. The number of aryl methyl sites for hydroxylation is 1. The number of sulfonamides is 1. The molecule has 0 bridgehead atoms. The summed E-state index contributed by atoms with van der Waals surface area (Å²) in [4.78, 5) is 14.8. The number of likely N-dealkylation sites (tertiary alicyclic amines) is 1. The number of amides is 1. The van der Waals surface area contributed by atoms with E-state index in [9.17, 15) is 13.2 Å². The maximum atomic E-state index is 13.0. The predicted molar refractivity (Wildman–Crippen MR) is 115 cm³/mol. The van der Waals surface area contributed by atoms with Gasteiger partial charge in [-0.05, 0) is 56.0 Å². The lowest BCUT2D eigenvalue weighted by atomic mass is 10.1. The van der Waals surface area contributed by atoms with Crippen LogP contribution in [-0.4, -0.2) is 43.2 Å². The van der Waals surface area contributed by atoms with E-state index in [0.29, 0.717) is 5.56 Å². The molecule has 0 atom stereocenters. The van der Waals surface area contributed by atoms with Crippen LogP contribution in [0.4, 0.5) is 0 Å². The Hall–Kier alpha value is -2.44. The fourth-order valence-corrected chi connectivity index (χ4v) is 4.89. The maximum absolute atomic E-state index is 13.0. The summed E-state index contributed by atoms with van der Waals surface area (Å²) in [5.74, 6) is 0.0477. The van der Waals surface area contributed by atoms with Crippen molar-refractivity contribution in [3.63, 3.8) is 0 Å². The van der Waals surface area contributed by atoms with E-state index in [1.807, 2.05) is 24.0 Å². The Morgan fingerprint density at radius 3 is 2.24 bits per heavy atom. The van der Waals surface area contributed by atoms with Crippen LogP contribution in [0.3, 0.4) is 0 Å². The molecule has 1 fully saturated rings. The van der Waals surface area contributed by atoms with Gasteiger partial charge < -0.3 is 4.90 Å². The lowest BCUT2D eigenvalue weighted by Gasteiger charge is -2.27. The van der Waals surface area contributed by atoms with Crippen LogP contribution in [0.1, 0.15) is 40.7 Å². The Labute approximate surface area is 173 Å². The van der Waals surface area contributed by atoms with Crippen molar-refractivity contribution in [2.45, 2.75) is 37.6 Å². The number of benzene rings is 2. The van der Waals surface area contributed by atoms with Crippen molar-refractivity contribution in [1.29, 1.82) is 0 Å². The van der Waals surface area contributed by atoms with Crippen LogP contribution in [0.25, 0.3) is 0 Å². The molecule has 2 aromatic carbocycles. The van der Waals surface area contributed by atoms with E-state index in [4.69, 9.17) is 0 Å². The van der Waals surface area contributed by atoms with Gasteiger partial charge in [-0.1, -0.05) is 35.9 Å². The first-order chi connectivity index (χ1) is 13.9. The van der Waals surface area contributed by atoms with E-state index in [0.717, 1.165) is 37.1 Å². The molecule has 2 aromatic rings. The van der Waals surface area contributed by atoms with Gasteiger partial charge in [-0.3, -0.25) is 4.79 Å². The third-order valence-corrected chi connectivity index (χ3v) is 7.02. The molecule has 1 amide bonds. The molecule has 1 aliphatic heterocycles. The molecule has 0 aromatic heterocycles. The highest BCUT2D eigenvalue weighted by Crippen LogP contribution is 2.20. The highest BCUT2D eigenvalue weighted by atomic mass is 32.2. The average Bonchev–Trinajstić information content (AvgIpc) is 2.74. The Bertz CT molecular complexity index is 945. The highest BCUT2D eigenvalue weighted by Gasteiger charge is 2.24. The first-order valence-electron chi connectivity index (χ1n) is 9.98. The first-order valence-corrected chi connectivity index (χ1v) is 11.4. The molecule has 3 rings (SSSR count). The molecule has 0 unspecified atom stereocenters. The summed E-state index contributed by atoms with van der Waals surface area (Å²) in [6, 6.07) is 14.1. The molecule has 5 nitrogen and oxygen atoms in total. The van der Waals surface area contributed by atoms with Crippen LogP contribution >= 0.6 is 0 Å². The minimum Gasteiger partial charge on any atom is -0.339 e. The van der Waals surface area contributed by atoms with Gasteiger partial charge in [-0.25, -0.2) is 8.42 Å². The smallest absolute Gasteiger partial charge is 0.253 e. The number of carbonyl (C=O) groups is 1. The molecule has 0 aliphatic carbocycles. The van der Waals surface area contributed by atoms with Crippen molar-refractivity contribution >= 4 is 15.9 Å². The molecule has 1 aliphatic rings. The van der Waals surface area contributed by atoms with E-state index in [-0.39, 0.29) is 23.9 Å². The van der Waals surface area contributed by atoms with Gasteiger partial charge in [0, 0.05) is 31.7 Å². The van der Waals surface area contributed by atoms with E-state index < -0.39 is 10.0 Å². The third kappa shape index (κ3) is 5.14. The van der Waals surface area contributed by atoms with E-state index in [1.54, 1.807) is 42.5 Å². The Kier molecular flexibility index (Phi) is 6.87. The van der Waals surface area contributed by atoms with Gasteiger partial charge in [-0.2, -0.15) is 4.31 Å². The second-order valence-corrected chi connectivity index (χ2v) is 9.39. The summed E-state index contributed by atoms with van der Waals surface area (Å²) < 4.78 is 27.5. The largest absolute Gasteiger partial charge is 0.339 e. The molecular weight excluding hydrogens is 384 g/mol. The molecule has 1 heterocycles. The lowest BCUT2D eigenvalue weighted by molar-refractivity contribution is 0.0724. The normalized spacial score (nSPS) is 14.8. The maximum Gasteiger partial charge on any atom is 0.253 e. The summed E-state index contributed by atoms with van der Waals surface area (Å²) in [7, 11) is -3.63. The van der Waals surface area contributed by atoms with Crippen molar-refractivity contribution < 1.29 is 13.2 Å². The zero-order valence-corrected chi connectivity index (χ0v) is 17.7. The second-order valence-electron chi connectivity index (χ2n) is 7.45. The number of carbonyl (C=O) groups excluding carboxylic acids is 1. The SMILES string of the molecule is C=CCN(Cc1ccc(C(=O)N2CCCCC2)cc1)S(=O)(=O)c1ccc(C)cc1. The summed E-state index contributed by atoms with van der Waals surface area (Å²) in [5.41, 5.74) is 2.48. The van der Waals surface area contributed by atoms with E-state index >= 15 is 0 Å². The lowest BCUT2D eigenvalue weighted by Crippen LogP contribution is -2.35. The van der Waals surface area contributed by atoms with Crippen molar-refractivity contribution in [2.24, 2.45) is 0 Å². The minimum atomic E-state index is -3.63. The number of hydrogen-bond acceptors (Lipinski definition) is 3. The number of rotatable bonds is 7. The predicted octanol–water partition coefficient (Wildman–Crippen LogP) is 4.00. The average molecular weight is 413 g/mol. The number of hydrogen-bond donors (Lipinski definition) is 0. The van der Waals surface area contributed by atoms with Crippen molar-refractivity contribution in [3.05, 3.63) is 77.9 Å². The van der Waals surface area contributed by atoms with Gasteiger partial charge in [-0.15, -0.1) is 6.58 Å². The zero-order valence-electron chi connectivity index (χ0n) is 16.9. The van der Waals surface area contributed by atoms with E-state index in [2.05, 4.69) is 6.58 Å². The number of nitrogens with zero attached hydrogens (tertiary/aromatic N) is 2. The van der Waals surface area contributed by atoms with Crippen LogP contribution in [0, 0.1) is 6.92 Å². The molecule has 0 radical (unpaired) electrons. The highest BCUT2D eigenvalue weighted by molar-refractivity contribution is 7.89. The summed E-state index contributed by atoms with van der Waals surface area (Å²) >= 11 is 0. The van der Waals surface area contributed by atoms with E-state index in [1.165, 1.54) is 10.7 Å². The fourth-order valence-electron chi connectivity index (χ4n) is 3.49. The first kappa shape index (κ1) is 21.3. The van der Waals surface area contributed by atoms with Crippen LogP contribution in [0.5, 0.6) is 0 Å². The summed E-state index contributed by atoms with van der Waals surface area (Å²) in [6.45, 7) is 7.67. The number of piperidine rings is 1. The van der Waals surface area contributed by atoms with Crippen molar-refractivity contribution in [1.82, 2.24) is 9.21 Å². The molecular formula is C23H28N2O3S. The topological polar surface area (TPSA) is 57.7 Å². The second kappa shape index (κ2) is 9.37. The standard InChI is InChI=1S/C23H28N2O3S/c1-3-15-25(29(27,28)22-13-7-19(2)8-14-22)18-20-9-11-21(12-10-20)23(26)24-16-5-4-6-17-24/h3,7-14H,1,4-6,15-18H2,2H3. The minimum absolute atomic E-state index is 0.0477. The fraction of sp³-hybridized carbons (Fsp3) is 0.348. The summed E-state index contributed by atoms with van der Waals surface area (Å²) in [6.07, 6.45) is 4.87. The third-order valence-electron chi connectivity index (χ3n) is 5.19. The molecule has 6 heteroatoms. The van der Waals surface area contributed by atoms with Crippen LogP contribution < -0.4 is 0 Å². The van der Waals surface area contributed by atoms with Crippen molar-refractivity contribution in [3.8, 4) is 0 Å². The van der Waals surface area contributed by atoms with Gasteiger partial charge in [0.1, 0.15) is 0 Å². The van der Waals surface area contributed by atoms with Crippen LogP contribution in [0.2, 0.25) is 0 Å². The molecule has 29 heavy (non-hydrogen) atoms. The van der Waals surface area contributed by atoms with Crippen LogP contribution in [-0.2, 0) is 16.6 Å². The van der Waals surface area contributed by atoms with Gasteiger partial charge in [0.05, 0.1) is 4.90 Å². The van der Waals surface area contributed by atoms with Gasteiger partial charge >= 0.3 is 0 Å². The van der Waals surface area contributed by atoms with Crippen molar-refractivity contribution in [2.75, 3.05) is 19.6 Å². The van der Waals surface area contributed by atoms with Gasteiger partial charge in [0.2, 0.25) is 10.0 Å². The van der Waals surface area contributed by atoms with Gasteiger partial charge in [0.15, 0.2) is 0 Å². The monoisotopic (exact) mass is 412 g/mol. The quantitative estimate of drug-likeness (QED) is 0.646. The Morgan fingerprint density at radius 2 is 1.66 bits per heavy atom. The molecule has 0 spiro atoms. The van der Waals surface area contributed by atoms with Crippen LogP contribution in [0.15, 0.2) is 66.1 Å². The Morgan fingerprint density at radius 1 is 1.03 bits per heavy atom. The molecule has 0 N–H and O–H groups in total. The Balaban J connectivity index is 1.76. The zero-order chi connectivity index (χ0) is 20.9. The molecule has 154 valence electrons. The van der Waals surface area contributed by atoms with Gasteiger partial charge in [0.25, 0.3) is 5.91 Å². The molecule has 0 saturated carbocycles.